The van der Waals surface area contributed by atoms with E-state index >= 15 is 0 Å². The van der Waals surface area contributed by atoms with Crippen molar-refractivity contribution in [2.24, 2.45) is 0 Å². The Morgan fingerprint density at radius 3 is 2.68 bits per heavy atom. The summed E-state index contributed by atoms with van der Waals surface area (Å²) in [6, 6.07) is 8.16. The number of hydrogen-bond donors (Lipinski definition) is 0. The molecule has 1 saturated heterocycles. The van der Waals surface area contributed by atoms with Crippen LogP contribution in [0.4, 0.5) is 5.69 Å². The highest BCUT2D eigenvalue weighted by atomic mass is 32.2. The van der Waals surface area contributed by atoms with Crippen LogP contribution in [0.5, 0.6) is 0 Å². The molecule has 1 aromatic carbocycles. The quantitative estimate of drug-likeness (QED) is 0.534. The Morgan fingerprint density at radius 1 is 1.03 bits per heavy atom. The molecule has 2 aliphatic heterocycles. The van der Waals surface area contributed by atoms with Crippen molar-refractivity contribution in [2.45, 2.75) is 37.1 Å². The molecular weight excluding hydrogens is 410 g/mol. The maximum Gasteiger partial charge on any atom is 0.367 e. The molecule has 0 unspecified atom stereocenters. The Labute approximate surface area is 187 Å². The summed E-state index contributed by atoms with van der Waals surface area (Å²) in [5.74, 6) is 0.403. The van der Waals surface area contributed by atoms with Gasteiger partial charge in [0, 0.05) is 44.0 Å². The fraction of sp³-hybridized carbons (Fsp3) is 0.522. The van der Waals surface area contributed by atoms with Gasteiger partial charge in [0.2, 0.25) is 5.91 Å². The van der Waals surface area contributed by atoms with E-state index in [0.29, 0.717) is 5.75 Å². The van der Waals surface area contributed by atoms with E-state index in [9.17, 15) is 9.59 Å². The minimum Gasteiger partial charge on any atom is -0.311 e. The normalized spacial score (nSPS) is 18.7. The lowest BCUT2D eigenvalue weighted by Gasteiger charge is -2.35. The summed E-state index contributed by atoms with van der Waals surface area (Å²) < 4.78 is 1.82. The molecule has 8 heteroatoms. The van der Waals surface area contributed by atoms with Crippen molar-refractivity contribution in [1.82, 2.24) is 14.6 Å². The van der Waals surface area contributed by atoms with Crippen LogP contribution in [0, 0.1) is 0 Å². The minimum atomic E-state index is -0.205. The van der Waals surface area contributed by atoms with Gasteiger partial charge in [-0.05, 0) is 50.8 Å². The first kappa shape index (κ1) is 20.6. The van der Waals surface area contributed by atoms with E-state index in [2.05, 4.69) is 28.0 Å². The summed E-state index contributed by atoms with van der Waals surface area (Å²) in [5.41, 5.74) is 4.32. The lowest BCUT2D eigenvalue weighted by Crippen LogP contribution is -2.54. The minimum absolute atomic E-state index is 0.0916. The fourth-order valence-corrected chi connectivity index (χ4v) is 5.87. The van der Waals surface area contributed by atoms with Gasteiger partial charge in [0.25, 0.3) is 0 Å². The van der Waals surface area contributed by atoms with Gasteiger partial charge in [-0.1, -0.05) is 30.0 Å². The van der Waals surface area contributed by atoms with E-state index in [0.717, 1.165) is 86.8 Å². The first-order valence-electron chi connectivity index (χ1n) is 11.2. The van der Waals surface area contributed by atoms with Gasteiger partial charge < -0.3 is 14.8 Å². The Bertz CT molecular complexity index is 1040. The van der Waals surface area contributed by atoms with Crippen molar-refractivity contribution in [3.05, 3.63) is 51.6 Å². The molecule has 1 amide bonds. The fourth-order valence-electron chi connectivity index (χ4n) is 4.92. The molecule has 1 aromatic heterocycles. The molecule has 0 radical (unpaired) electrons. The molecule has 1 aliphatic carbocycles. The molecule has 31 heavy (non-hydrogen) atoms. The zero-order valence-electron chi connectivity index (χ0n) is 18.0. The maximum absolute atomic E-state index is 13.0. The van der Waals surface area contributed by atoms with Crippen molar-refractivity contribution in [2.75, 3.05) is 55.4 Å². The van der Waals surface area contributed by atoms with Gasteiger partial charge in [0.05, 0.1) is 11.4 Å². The van der Waals surface area contributed by atoms with Crippen LogP contribution >= 0.6 is 11.8 Å². The van der Waals surface area contributed by atoms with Gasteiger partial charge in [-0.3, -0.25) is 4.79 Å². The monoisotopic (exact) mass is 439 g/mol. The van der Waals surface area contributed by atoms with E-state index in [1.54, 1.807) is 0 Å². The number of para-hydroxylation sites is 1. The van der Waals surface area contributed by atoms with E-state index in [4.69, 9.17) is 0 Å². The number of nitrogens with zero attached hydrogens (tertiary/aromatic N) is 5. The van der Waals surface area contributed by atoms with Crippen molar-refractivity contribution >= 4 is 23.4 Å². The van der Waals surface area contributed by atoms with E-state index in [1.807, 2.05) is 27.8 Å². The summed E-state index contributed by atoms with van der Waals surface area (Å²) >= 11 is 1.43. The number of anilines is 1. The summed E-state index contributed by atoms with van der Waals surface area (Å²) in [4.78, 5) is 34.7. The largest absolute Gasteiger partial charge is 0.367 e. The zero-order chi connectivity index (χ0) is 21.4. The topological polar surface area (TPSA) is 61.7 Å². The van der Waals surface area contributed by atoms with Crippen LogP contribution in [0.2, 0.25) is 0 Å². The average molecular weight is 440 g/mol. The van der Waals surface area contributed by atoms with E-state index in [-0.39, 0.29) is 11.6 Å². The highest BCUT2D eigenvalue weighted by molar-refractivity contribution is 8.00. The number of carbonyl (C=O) groups excluding carboxylic acids is 1. The van der Waals surface area contributed by atoms with Crippen molar-refractivity contribution in [1.29, 1.82) is 0 Å². The number of carbonyl (C=O) groups is 1. The molecule has 0 bridgehead atoms. The Hall–Kier alpha value is -2.32. The number of aryl methyl sites for hydroxylation is 1. The number of thioether (sulfide) groups is 1. The number of piperazine rings is 1. The summed E-state index contributed by atoms with van der Waals surface area (Å²) in [6.07, 6.45) is 4.88. The summed E-state index contributed by atoms with van der Waals surface area (Å²) in [7, 11) is 2.11. The molecule has 0 saturated carbocycles. The SMILES string of the molecule is CN1CCN(n2c3c(c(SCC(=O)N4CCCc5ccccc54)nc2=O)CCC3)CC1. The van der Waals surface area contributed by atoms with Crippen LogP contribution in [0.25, 0.3) is 0 Å². The van der Waals surface area contributed by atoms with Gasteiger partial charge in [0.15, 0.2) is 0 Å². The van der Waals surface area contributed by atoms with Gasteiger partial charge in [-0.15, -0.1) is 0 Å². The number of likely N-dealkylation sites (N-methyl/N-ethyl adjacent to an activating group) is 1. The first-order valence-corrected chi connectivity index (χ1v) is 12.2. The van der Waals surface area contributed by atoms with Gasteiger partial charge in [-0.2, -0.15) is 4.98 Å². The van der Waals surface area contributed by atoms with Gasteiger partial charge in [-0.25, -0.2) is 9.47 Å². The zero-order valence-corrected chi connectivity index (χ0v) is 18.9. The number of benzene rings is 1. The van der Waals surface area contributed by atoms with E-state index < -0.39 is 0 Å². The maximum atomic E-state index is 13.0. The van der Waals surface area contributed by atoms with Crippen LogP contribution in [0.15, 0.2) is 34.1 Å². The molecule has 5 rings (SSSR count). The van der Waals surface area contributed by atoms with Gasteiger partial charge >= 0.3 is 5.69 Å². The standard InChI is InChI=1S/C23H29N5O2S/c1-25-12-14-26(15-13-25)28-20-10-4-8-18(20)22(24-23(28)30)31-16-21(29)27-11-5-7-17-6-2-3-9-19(17)27/h2-3,6,9H,4-5,7-8,10-16H2,1H3. The van der Waals surface area contributed by atoms with Crippen molar-refractivity contribution < 1.29 is 4.79 Å². The number of amides is 1. The van der Waals surface area contributed by atoms with Crippen LogP contribution in [0.1, 0.15) is 29.7 Å². The highest BCUT2D eigenvalue weighted by Gasteiger charge is 2.28. The molecular formula is C23H29N5O2S. The predicted molar refractivity (Wildman–Crippen MR) is 124 cm³/mol. The van der Waals surface area contributed by atoms with Crippen LogP contribution < -0.4 is 15.6 Å². The molecule has 2 aromatic rings. The third kappa shape index (κ3) is 3.99. The molecule has 164 valence electrons. The number of fused-ring (bicyclic) bond motifs is 2. The van der Waals surface area contributed by atoms with Gasteiger partial charge in [0.1, 0.15) is 5.03 Å². The number of rotatable bonds is 4. The second-order valence-electron chi connectivity index (χ2n) is 8.61. The molecule has 0 spiro atoms. The summed E-state index contributed by atoms with van der Waals surface area (Å²) in [6.45, 7) is 4.33. The van der Waals surface area contributed by atoms with E-state index in [1.165, 1.54) is 17.3 Å². The molecule has 3 aliphatic rings. The van der Waals surface area contributed by atoms with Crippen LogP contribution in [-0.2, 0) is 24.1 Å². The highest BCUT2D eigenvalue weighted by Crippen LogP contribution is 2.31. The first-order chi connectivity index (χ1) is 15.1. The summed E-state index contributed by atoms with van der Waals surface area (Å²) in [5, 5.41) is 2.89. The second kappa shape index (κ2) is 8.67. The molecule has 3 heterocycles. The second-order valence-corrected chi connectivity index (χ2v) is 9.58. The lowest BCUT2D eigenvalue weighted by atomic mass is 10.0. The average Bonchev–Trinajstić information content (AvgIpc) is 3.27. The smallest absolute Gasteiger partial charge is 0.311 e. The Kier molecular flexibility index (Phi) is 5.75. The third-order valence-electron chi connectivity index (χ3n) is 6.59. The molecule has 0 atom stereocenters. The number of hydrogen-bond acceptors (Lipinski definition) is 6. The van der Waals surface area contributed by atoms with Crippen LogP contribution in [0.3, 0.4) is 0 Å². The molecule has 0 N–H and O–H groups in total. The molecule has 7 nitrogen and oxygen atoms in total. The Morgan fingerprint density at radius 2 is 1.84 bits per heavy atom. The molecule has 1 fully saturated rings. The number of aromatic nitrogens is 2. The predicted octanol–water partition coefficient (Wildman–Crippen LogP) is 1.69. The third-order valence-corrected chi connectivity index (χ3v) is 7.59. The lowest BCUT2D eigenvalue weighted by molar-refractivity contribution is -0.116. The Balaban J connectivity index is 1.35. The van der Waals surface area contributed by atoms with Crippen molar-refractivity contribution in [3.63, 3.8) is 0 Å². The van der Waals surface area contributed by atoms with Crippen molar-refractivity contribution in [3.8, 4) is 0 Å². The van der Waals surface area contributed by atoms with Crippen LogP contribution in [-0.4, -0.2) is 66.0 Å².